The Bertz CT molecular complexity index is 1420. The van der Waals surface area contributed by atoms with Gasteiger partial charge in [0.1, 0.15) is 11.5 Å². The predicted molar refractivity (Wildman–Crippen MR) is 129 cm³/mol. The molecule has 1 amide bonds. The van der Waals surface area contributed by atoms with Crippen LogP contribution < -0.4 is 4.74 Å². The van der Waals surface area contributed by atoms with Crippen LogP contribution in [0.25, 0.3) is 16.5 Å². The average Bonchev–Trinajstić information content (AvgIpc) is 3.13. The normalized spacial score (nSPS) is 17.3. The van der Waals surface area contributed by atoms with Crippen LogP contribution in [0.1, 0.15) is 22.7 Å². The molecule has 1 atom stereocenters. The van der Waals surface area contributed by atoms with Crippen LogP contribution in [0.5, 0.6) is 5.75 Å². The highest BCUT2D eigenvalue weighted by Crippen LogP contribution is 2.42. The monoisotopic (exact) mass is 450 g/mol. The lowest BCUT2D eigenvalue weighted by atomic mass is 9.93. The SMILES string of the molecule is COc1cccc(C2/C(=C(/O)c3cccc4ccccc34)C(=O)C(=O)N2Cc2cccnc2)c1. The minimum atomic E-state index is -0.783. The predicted octanol–water partition coefficient (Wildman–Crippen LogP) is 4.87. The van der Waals surface area contributed by atoms with Crippen molar-refractivity contribution < 1.29 is 19.4 Å². The van der Waals surface area contributed by atoms with Crippen molar-refractivity contribution in [3.63, 3.8) is 0 Å². The third kappa shape index (κ3) is 3.69. The Labute approximate surface area is 196 Å². The standard InChI is InChI=1S/C28H22N2O4/c1-34-21-11-4-10-20(15-21)25-24(26(31)23-13-5-9-19-8-2-3-12-22(19)23)27(32)28(33)30(25)17-18-7-6-14-29-16-18/h2-16,25,31H,17H2,1H3/b26-24-. The van der Waals surface area contributed by atoms with Crippen molar-refractivity contribution in [3.8, 4) is 5.75 Å². The van der Waals surface area contributed by atoms with Crippen LogP contribution in [0.15, 0.2) is 96.8 Å². The van der Waals surface area contributed by atoms with Crippen LogP contribution in [0, 0.1) is 0 Å². The van der Waals surface area contributed by atoms with E-state index in [1.165, 1.54) is 4.90 Å². The van der Waals surface area contributed by atoms with Gasteiger partial charge in [-0.05, 0) is 40.1 Å². The molecule has 0 saturated carbocycles. The fraction of sp³-hybridized carbons (Fsp3) is 0.107. The van der Waals surface area contributed by atoms with Gasteiger partial charge in [0.15, 0.2) is 0 Å². The van der Waals surface area contributed by atoms with Crippen LogP contribution in [0.2, 0.25) is 0 Å². The maximum Gasteiger partial charge on any atom is 0.295 e. The molecular weight excluding hydrogens is 428 g/mol. The van der Waals surface area contributed by atoms with E-state index in [0.717, 1.165) is 16.3 Å². The van der Waals surface area contributed by atoms with E-state index in [1.54, 1.807) is 49.8 Å². The number of Topliss-reactive ketones (excluding diaryl/α,β-unsaturated/α-hetero) is 1. The summed E-state index contributed by atoms with van der Waals surface area (Å²) in [6.07, 6.45) is 3.31. The van der Waals surface area contributed by atoms with E-state index in [-0.39, 0.29) is 17.9 Å². The Kier molecular flexibility index (Phi) is 5.55. The number of benzene rings is 3. The van der Waals surface area contributed by atoms with Crippen LogP contribution in [-0.2, 0) is 16.1 Å². The number of hydrogen-bond donors (Lipinski definition) is 1. The number of aromatic nitrogens is 1. The quantitative estimate of drug-likeness (QED) is 0.267. The molecule has 0 radical (unpaired) electrons. The smallest absolute Gasteiger partial charge is 0.295 e. The lowest BCUT2D eigenvalue weighted by Gasteiger charge is -2.25. The van der Waals surface area contributed by atoms with Crippen molar-refractivity contribution >= 4 is 28.2 Å². The molecule has 1 fully saturated rings. The Hall–Kier alpha value is -4.45. The van der Waals surface area contributed by atoms with E-state index in [4.69, 9.17) is 4.74 Å². The second-order valence-corrected chi connectivity index (χ2v) is 8.09. The van der Waals surface area contributed by atoms with Gasteiger partial charge >= 0.3 is 0 Å². The molecule has 1 N–H and O–H groups in total. The largest absolute Gasteiger partial charge is 0.507 e. The molecule has 34 heavy (non-hydrogen) atoms. The number of aliphatic hydroxyl groups excluding tert-OH is 1. The van der Waals surface area contributed by atoms with Crippen molar-refractivity contribution in [3.05, 3.63) is 114 Å². The van der Waals surface area contributed by atoms with E-state index in [1.807, 2.05) is 48.5 Å². The molecule has 6 heteroatoms. The first kappa shape index (κ1) is 21.4. The summed E-state index contributed by atoms with van der Waals surface area (Å²) < 4.78 is 5.38. The molecule has 1 unspecified atom stereocenters. The van der Waals surface area contributed by atoms with Gasteiger partial charge in [-0.25, -0.2) is 0 Å². The van der Waals surface area contributed by atoms with Crippen molar-refractivity contribution in [1.29, 1.82) is 0 Å². The van der Waals surface area contributed by atoms with E-state index in [0.29, 0.717) is 16.9 Å². The molecule has 2 heterocycles. The highest BCUT2D eigenvalue weighted by atomic mass is 16.5. The second-order valence-electron chi connectivity index (χ2n) is 8.09. The number of nitrogens with zero attached hydrogens (tertiary/aromatic N) is 2. The van der Waals surface area contributed by atoms with Crippen molar-refractivity contribution in [1.82, 2.24) is 9.88 Å². The summed E-state index contributed by atoms with van der Waals surface area (Å²) in [4.78, 5) is 32.2. The number of amides is 1. The van der Waals surface area contributed by atoms with E-state index in [9.17, 15) is 14.7 Å². The maximum absolute atomic E-state index is 13.3. The number of rotatable bonds is 5. The lowest BCUT2D eigenvalue weighted by Crippen LogP contribution is -2.29. The molecule has 0 spiro atoms. The Morgan fingerprint density at radius 2 is 1.79 bits per heavy atom. The summed E-state index contributed by atoms with van der Waals surface area (Å²) in [5.74, 6) is -0.994. The first-order chi connectivity index (χ1) is 16.6. The number of likely N-dealkylation sites (tertiary alicyclic amines) is 1. The van der Waals surface area contributed by atoms with Gasteiger partial charge in [0, 0.05) is 24.5 Å². The van der Waals surface area contributed by atoms with Crippen LogP contribution in [0.3, 0.4) is 0 Å². The Morgan fingerprint density at radius 3 is 2.59 bits per heavy atom. The highest BCUT2D eigenvalue weighted by molar-refractivity contribution is 6.46. The van der Waals surface area contributed by atoms with Gasteiger partial charge in [0.2, 0.25) is 0 Å². The molecule has 1 aromatic heterocycles. The highest BCUT2D eigenvalue weighted by Gasteiger charge is 2.46. The minimum Gasteiger partial charge on any atom is -0.507 e. The zero-order chi connectivity index (χ0) is 23.7. The molecule has 6 nitrogen and oxygen atoms in total. The number of ether oxygens (including phenoxy) is 1. The fourth-order valence-corrected chi connectivity index (χ4v) is 4.47. The molecule has 1 saturated heterocycles. The lowest BCUT2D eigenvalue weighted by molar-refractivity contribution is -0.140. The number of carbonyl (C=O) groups is 2. The number of hydrogen-bond acceptors (Lipinski definition) is 5. The van der Waals surface area contributed by atoms with Crippen molar-refractivity contribution in [2.45, 2.75) is 12.6 Å². The van der Waals surface area contributed by atoms with Crippen molar-refractivity contribution in [2.75, 3.05) is 7.11 Å². The van der Waals surface area contributed by atoms with Gasteiger partial charge in [0.05, 0.1) is 18.7 Å². The summed E-state index contributed by atoms with van der Waals surface area (Å²) in [7, 11) is 1.56. The molecule has 1 aliphatic heterocycles. The van der Waals surface area contributed by atoms with Crippen LogP contribution in [0.4, 0.5) is 0 Å². The molecule has 0 bridgehead atoms. The number of methoxy groups -OCH3 is 1. The second kappa shape index (κ2) is 8.83. The first-order valence-corrected chi connectivity index (χ1v) is 10.9. The molecule has 5 rings (SSSR count). The van der Waals surface area contributed by atoms with Gasteiger partial charge < -0.3 is 14.7 Å². The van der Waals surface area contributed by atoms with Gasteiger partial charge in [0.25, 0.3) is 11.7 Å². The summed E-state index contributed by atoms with van der Waals surface area (Å²) >= 11 is 0. The van der Waals surface area contributed by atoms with E-state index < -0.39 is 17.7 Å². The molecule has 4 aromatic rings. The van der Waals surface area contributed by atoms with E-state index >= 15 is 0 Å². The zero-order valence-electron chi connectivity index (χ0n) is 18.5. The van der Waals surface area contributed by atoms with Gasteiger partial charge in [-0.15, -0.1) is 0 Å². The van der Waals surface area contributed by atoms with Crippen molar-refractivity contribution in [2.24, 2.45) is 0 Å². The number of fused-ring (bicyclic) bond motifs is 1. The first-order valence-electron chi connectivity index (χ1n) is 10.9. The maximum atomic E-state index is 13.3. The van der Waals surface area contributed by atoms with Gasteiger partial charge in [-0.2, -0.15) is 0 Å². The van der Waals surface area contributed by atoms with Crippen LogP contribution >= 0.6 is 0 Å². The number of pyridine rings is 1. The topological polar surface area (TPSA) is 79.7 Å². The molecular formula is C28H22N2O4. The Balaban J connectivity index is 1.72. The van der Waals surface area contributed by atoms with E-state index in [2.05, 4.69) is 4.98 Å². The third-order valence-corrected chi connectivity index (χ3v) is 6.07. The minimum absolute atomic E-state index is 0.0542. The molecule has 168 valence electrons. The zero-order valence-corrected chi connectivity index (χ0v) is 18.5. The summed E-state index contributed by atoms with van der Waals surface area (Å²) in [5.41, 5.74) is 2.01. The molecule has 3 aromatic carbocycles. The number of ketones is 1. The summed E-state index contributed by atoms with van der Waals surface area (Å²) in [5, 5.41) is 13.2. The number of carbonyl (C=O) groups excluding carboxylic acids is 2. The average molecular weight is 450 g/mol. The third-order valence-electron chi connectivity index (χ3n) is 6.07. The number of aliphatic hydroxyl groups is 1. The summed E-state index contributed by atoms with van der Waals surface area (Å²) in [6, 6.07) is 23.2. The van der Waals surface area contributed by atoms with Crippen LogP contribution in [-0.4, -0.2) is 33.8 Å². The molecule has 0 aliphatic carbocycles. The molecule has 1 aliphatic rings. The Morgan fingerprint density at radius 1 is 1.00 bits per heavy atom. The van der Waals surface area contributed by atoms with Gasteiger partial charge in [-0.3, -0.25) is 14.6 Å². The van der Waals surface area contributed by atoms with Gasteiger partial charge in [-0.1, -0.05) is 60.7 Å². The fourth-order valence-electron chi connectivity index (χ4n) is 4.47. The summed E-state index contributed by atoms with van der Waals surface area (Å²) in [6.45, 7) is 0.173.